The van der Waals surface area contributed by atoms with Gasteiger partial charge in [0.25, 0.3) is 0 Å². The van der Waals surface area contributed by atoms with Crippen LogP contribution in [0, 0.1) is 5.82 Å². The molecule has 5 heteroatoms. The summed E-state index contributed by atoms with van der Waals surface area (Å²) in [5.74, 6) is 0.900. The van der Waals surface area contributed by atoms with E-state index in [1.54, 1.807) is 17.4 Å². The van der Waals surface area contributed by atoms with Crippen LogP contribution in [0.25, 0.3) is 21.3 Å². The van der Waals surface area contributed by atoms with Crippen molar-refractivity contribution in [1.82, 2.24) is 9.97 Å². The van der Waals surface area contributed by atoms with Gasteiger partial charge in [-0.25, -0.2) is 14.4 Å². The quantitative estimate of drug-likeness (QED) is 0.458. The lowest BCUT2D eigenvalue weighted by molar-refractivity contribution is 0.628. The number of hydrogen-bond acceptors (Lipinski definition) is 4. The number of nitrogens with one attached hydrogen (secondary N) is 1. The molecule has 0 saturated heterocycles. The summed E-state index contributed by atoms with van der Waals surface area (Å²) in [5, 5.41) is 6.28. The van der Waals surface area contributed by atoms with Gasteiger partial charge in [-0.05, 0) is 35.2 Å². The van der Waals surface area contributed by atoms with E-state index in [0.29, 0.717) is 17.4 Å². The average molecular weight is 363 g/mol. The molecule has 0 spiro atoms. The highest BCUT2D eigenvalue weighted by molar-refractivity contribution is 7.17. The summed E-state index contributed by atoms with van der Waals surface area (Å²) in [6.07, 6.45) is 1.53. The maximum Gasteiger partial charge on any atom is 0.143 e. The topological polar surface area (TPSA) is 37.8 Å². The number of nitrogens with zero attached hydrogens (tertiary/aromatic N) is 2. The highest BCUT2D eigenvalue weighted by Gasteiger charge is 2.14. The molecule has 1 N–H and O–H groups in total. The van der Waals surface area contributed by atoms with Gasteiger partial charge in [0.15, 0.2) is 0 Å². The number of aromatic nitrogens is 2. The van der Waals surface area contributed by atoms with Crippen LogP contribution in [0.1, 0.15) is 25.3 Å². The Morgan fingerprint density at radius 2 is 1.85 bits per heavy atom. The Hall–Kier alpha value is -2.79. The van der Waals surface area contributed by atoms with Gasteiger partial charge >= 0.3 is 0 Å². The predicted molar refractivity (Wildman–Crippen MR) is 107 cm³/mol. The van der Waals surface area contributed by atoms with Crippen molar-refractivity contribution in [2.45, 2.75) is 19.8 Å². The summed E-state index contributed by atoms with van der Waals surface area (Å²) >= 11 is 1.58. The number of rotatable bonds is 4. The summed E-state index contributed by atoms with van der Waals surface area (Å²) in [6, 6.07) is 15.0. The first-order chi connectivity index (χ1) is 12.6. The smallest absolute Gasteiger partial charge is 0.143 e. The molecule has 0 aliphatic heterocycles. The molecule has 2 aromatic heterocycles. The van der Waals surface area contributed by atoms with E-state index in [1.165, 1.54) is 24.0 Å². The predicted octanol–water partition coefficient (Wildman–Crippen LogP) is 6.36. The Morgan fingerprint density at radius 3 is 2.58 bits per heavy atom. The second-order valence-electron chi connectivity index (χ2n) is 6.46. The fraction of sp³-hybridized carbons (Fsp3) is 0.143. The number of hydrogen-bond donors (Lipinski definition) is 1. The van der Waals surface area contributed by atoms with Gasteiger partial charge < -0.3 is 5.32 Å². The summed E-state index contributed by atoms with van der Waals surface area (Å²) in [5.41, 5.74) is 4.18. The summed E-state index contributed by atoms with van der Waals surface area (Å²) < 4.78 is 13.5. The monoisotopic (exact) mass is 363 g/mol. The first-order valence-electron chi connectivity index (χ1n) is 8.47. The van der Waals surface area contributed by atoms with Crippen LogP contribution < -0.4 is 5.32 Å². The van der Waals surface area contributed by atoms with Crippen molar-refractivity contribution in [3.63, 3.8) is 0 Å². The summed E-state index contributed by atoms with van der Waals surface area (Å²) in [4.78, 5) is 9.69. The molecule has 0 fully saturated rings. The highest BCUT2D eigenvalue weighted by atomic mass is 32.1. The highest BCUT2D eigenvalue weighted by Crippen LogP contribution is 2.37. The third kappa shape index (κ3) is 3.18. The molecule has 4 aromatic rings. The van der Waals surface area contributed by atoms with Gasteiger partial charge in [0.05, 0.1) is 5.39 Å². The first kappa shape index (κ1) is 16.7. The lowest BCUT2D eigenvalue weighted by Gasteiger charge is -2.10. The minimum Gasteiger partial charge on any atom is -0.339 e. The van der Waals surface area contributed by atoms with Gasteiger partial charge in [-0.3, -0.25) is 0 Å². The average Bonchev–Trinajstić information content (AvgIpc) is 3.07. The molecule has 0 aliphatic rings. The van der Waals surface area contributed by atoms with Crippen LogP contribution in [0.15, 0.2) is 60.2 Å². The molecular formula is C21H18FN3S. The van der Waals surface area contributed by atoms with E-state index in [0.717, 1.165) is 21.3 Å². The molecule has 0 amide bonds. The Balaban J connectivity index is 1.79. The molecule has 0 atom stereocenters. The van der Waals surface area contributed by atoms with Crippen LogP contribution >= 0.6 is 11.3 Å². The van der Waals surface area contributed by atoms with Crippen LogP contribution in [-0.4, -0.2) is 9.97 Å². The van der Waals surface area contributed by atoms with Crippen molar-refractivity contribution in [1.29, 1.82) is 0 Å². The Bertz CT molecular complexity index is 1050. The largest absolute Gasteiger partial charge is 0.339 e. The van der Waals surface area contributed by atoms with Crippen molar-refractivity contribution >= 4 is 33.1 Å². The van der Waals surface area contributed by atoms with Crippen molar-refractivity contribution < 1.29 is 4.39 Å². The molecule has 4 rings (SSSR count). The van der Waals surface area contributed by atoms with Crippen molar-refractivity contribution in [3.05, 3.63) is 71.6 Å². The van der Waals surface area contributed by atoms with E-state index >= 15 is 0 Å². The summed E-state index contributed by atoms with van der Waals surface area (Å²) in [6.45, 7) is 4.37. The molecule has 0 unspecified atom stereocenters. The van der Waals surface area contributed by atoms with Gasteiger partial charge in [0.2, 0.25) is 0 Å². The number of benzene rings is 2. The Morgan fingerprint density at radius 1 is 1.04 bits per heavy atom. The van der Waals surface area contributed by atoms with E-state index < -0.39 is 0 Å². The zero-order chi connectivity index (χ0) is 18.1. The number of thiophene rings is 1. The van der Waals surface area contributed by atoms with Gasteiger partial charge in [0, 0.05) is 16.6 Å². The number of anilines is 2. The third-order valence-corrected chi connectivity index (χ3v) is 5.23. The van der Waals surface area contributed by atoms with Gasteiger partial charge in [-0.1, -0.05) is 44.2 Å². The van der Waals surface area contributed by atoms with Gasteiger partial charge in [-0.2, -0.15) is 0 Å². The standard InChI is InChI=1S/C21H18FN3S/c1-13(2)14-6-8-15(9-7-14)18-11-26-21-19(18)20(23-12-24-21)25-17-5-3-4-16(22)10-17/h3-13H,1-2H3,(H,23,24,25). The maximum atomic E-state index is 13.5. The van der Waals surface area contributed by atoms with Crippen molar-refractivity contribution in [2.24, 2.45) is 0 Å². The normalized spacial score (nSPS) is 11.2. The second kappa shape index (κ2) is 6.84. The van der Waals surface area contributed by atoms with Crippen LogP contribution in [0.4, 0.5) is 15.9 Å². The van der Waals surface area contributed by atoms with Crippen LogP contribution in [0.5, 0.6) is 0 Å². The fourth-order valence-corrected chi connectivity index (χ4v) is 3.85. The van der Waals surface area contributed by atoms with Crippen LogP contribution in [0.2, 0.25) is 0 Å². The van der Waals surface area contributed by atoms with Crippen LogP contribution in [-0.2, 0) is 0 Å². The number of fused-ring (bicyclic) bond motifs is 1. The molecule has 0 saturated carbocycles. The molecule has 130 valence electrons. The van der Waals surface area contributed by atoms with E-state index in [4.69, 9.17) is 0 Å². The Kier molecular flexibility index (Phi) is 4.39. The molecular weight excluding hydrogens is 345 g/mol. The molecule has 2 aromatic carbocycles. The zero-order valence-corrected chi connectivity index (χ0v) is 15.3. The molecule has 0 aliphatic carbocycles. The molecule has 26 heavy (non-hydrogen) atoms. The second-order valence-corrected chi connectivity index (χ2v) is 7.32. The third-order valence-electron chi connectivity index (χ3n) is 4.35. The molecule has 0 radical (unpaired) electrons. The van der Waals surface area contributed by atoms with Crippen LogP contribution in [0.3, 0.4) is 0 Å². The van der Waals surface area contributed by atoms with E-state index in [1.807, 2.05) is 6.07 Å². The van der Waals surface area contributed by atoms with E-state index in [-0.39, 0.29) is 5.82 Å². The minimum atomic E-state index is -0.282. The first-order valence-corrected chi connectivity index (χ1v) is 9.35. The number of halogens is 1. The van der Waals surface area contributed by atoms with E-state index in [2.05, 4.69) is 58.8 Å². The molecule has 0 bridgehead atoms. The Labute approximate surface area is 155 Å². The fourth-order valence-electron chi connectivity index (χ4n) is 2.93. The van der Waals surface area contributed by atoms with Gasteiger partial charge in [0.1, 0.15) is 22.8 Å². The van der Waals surface area contributed by atoms with E-state index in [9.17, 15) is 4.39 Å². The van der Waals surface area contributed by atoms with Gasteiger partial charge in [-0.15, -0.1) is 11.3 Å². The SMILES string of the molecule is CC(C)c1ccc(-c2csc3ncnc(Nc4cccc(F)c4)c23)cc1. The molecule has 2 heterocycles. The lowest BCUT2D eigenvalue weighted by atomic mass is 9.99. The zero-order valence-electron chi connectivity index (χ0n) is 14.5. The molecule has 3 nitrogen and oxygen atoms in total. The minimum absolute atomic E-state index is 0.282. The lowest BCUT2D eigenvalue weighted by Crippen LogP contribution is -1.96. The van der Waals surface area contributed by atoms with Crippen molar-refractivity contribution in [2.75, 3.05) is 5.32 Å². The maximum absolute atomic E-state index is 13.5. The summed E-state index contributed by atoms with van der Waals surface area (Å²) in [7, 11) is 0. The van der Waals surface area contributed by atoms with Crippen molar-refractivity contribution in [3.8, 4) is 11.1 Å².